The fourth-order valence-corrected chi connectivity index (χ4v) is 2.55. The number of halogens is 2. The first-order valence-corrected chi connectivity index (χ1v) is 7.67. The Kier molecular flexibility index (Phi) is 5.83. The second kappa shape index (κ2) is 7.62. The quantitative estimate of drug-likeness (QED) is 0.794. The van der Waals surface area contributed by atoms with E-state index in [1.54, 1.807) is 30.5 Å². The Morgan fingerprint density at radius 1 is 1.30 bits per heavy atom. The maximum absolute atomic E-state index is 14.0. The smallest absolute Gasteiger partial charge is 0.137 e. The Balaban J connectivity index is 2.03. The lowest BCUT2D eigenvalue weighted by molar-refractivity contribution is 0.595. The molecular weight excluding hydrogens is 295 g/mol. The predicted molar refractivity (Wildman–Crippen MR) is 81.8 cm³/mol. The molecule has 0 aliphatic carbocycles. The van der Waals surface area contributed by atoms with Crippen molar-refractivity contribution in [1.29, 1.82) is 0 Å². The fourth-order valence-electron chi connectivity index (χ4n) is 1.68. The van der Waals surface area contributed by atoms with Crippen molar-refractivity contribution in [3.8, 4) is 0 Å². The van der Waals surface area contributed by atoms with E-state index in [9.17, 15) is 4.39 Å². The molecule has 2 rings (SSSR count). The Bertz CT molecular complexity index is 560. The molecule has 0 unspecified atom stereocenters. The van der Waals surface area contributed by atoms with Crippen LogP contribution in [0, 0.1) is 5.82 Å². The average Bonchev–Trinajstić information content (AvgIpc) is 2.44. The molecule has 0 aliphatic heterocycles. The van der Waals surface area contributed by atoms with E-state index in [1.807, 2.05) is 6.07 Å². The monoisotopic (exact) mass is 310 g/mol. The first kappa shape index (κ1) is 15.3. The Morgan fingerprint density at radius 3 is 2.80 bits per heavy atom. The zero-order chi connectivity index (χ0) is 14.4. The Morgan fingerprint density at radius 2 is 2.15 bits per heavy atom. The first-order chi connectivity index (χ1) is 9.69. The van der Waals surface area contributed by atoms with Crippen molar-refractivity contribution in [3.63, 3.8) is 0 Å². The van der Waals surface area contributed by atoms with Gasteiger partial charge in [-0.2, -0.15) is 0 Å². The third-order valence-corrected chi connectivity index (χ3v) is 3.89. The number of aromatic nitrogens is 1. The van der Waals surface area contributed by atoms with Crippen LogP contribution in [0.1, 0.15) is 18.9 Å². The summed E-state index contributed by atoms with van der Waals surface area (Å²) in [6, 6.07) is 8.82. The van der Waals surface area contributed by atoms with Crippen LogP contribution in [0.25, 0.3) is 0 Å². The zero-order valence-electron chi connectivity index (χ0n) is 11.2. The van der Waals surface area contributed by atoms with Crippen LogP contribution >= 0.6 is 23.4 Å². The molecule has 5 heteroatoms. The minimum atomic E-state index is -0.220. The maximum Gasteiger partial charge on any atom is 0.137 e. The molecule has 0 aliphatic rings. The zero-order valence-corrected chi connectivity index (χ0v) is 12.8. The van der Waals surface area contributed by atoms with Crippen LogP contribution in [0.4, 0.5) is 4.39 Å². The van der Waals surface area contributed by atoms with Gasteiger partial charge in [0.1, 0.15) is 10.8 Å². The molecule has 0 spiro atoms. The van der Waals surface area contributed by atoms with Crippen LogP contribution in [0.2, 0.25) is 5.02 Å². The largest absolute Gasteiger partial charge is 0.313 e. The summed E-state index contributed by atoms with van der Waals surface area (Å²) in [5.74, 6) is -0.220. The number of nitrogens with one attached hydrogen (secondary N) is 1. The molecule has 0 saturated carbocycles. The van der Waals surface area contributed by atoms with Crippen molar-refractivity contribution in [2.75, 3.05) is 6.54 Å². The van der Waals surface area contributed by atoms with Crippen molar-refractivity contribution in [1.82, 2.24) is 10.3 Å². The highest BCUT2D eigenvalue weighted by Crippen LogP contribution is 2.29. The van der Waals surface area contributed by atoms with Gasteiger partial charge in [0.25, 0.3) is 0 Å². The molecule has 1 aromatic heterocycles. The number of nitrogens with zero attached hydrogens (tertiary/aromatic N) is 1. The number of benzene rings is 1. The van der Waals surface area contributed by atoms with Gasteiger partial charge in [-0.15, -0.1) is 0 Å². The molecule has 0 atom stereocenters. The molecule has 20 heavy (non-hydrogen) atoms. The number of hydrogen-bond donors (Lipinski definition) is 1. The van der Waals surface area contributed by atoms with Crippen LogP contribution < -0.4 is 5.32 Å². The van der Waals surface area contributed by atoms with Gasteiger partial charge in [-0.1, -0.05) is 36.4 Å². The van der Waals surface area contributed by atoms with E-state index in [0.717, 1.165) is 23.6 Å². The number of rotatable bonds is 6. The summed E-state index contributed by atoms with van der Waals surface area (Å²) in [6.07, 6.45) is 2.63. The lowest BCUT2D eigenvalue weighted by atomic mass is 10.2. The van der Waals surface area contributed by atoms with Crippen LogP contribution in [0.3, 0.4) is 0 Å². The molecule has 0 fully saturated rings. The van der Waals surface area contributed by atoms with Crippen LogP contribution in [0.15, 0.2) is 46.5 Å². The van der Waals surface area contributed by atoms with E-state index in [0.29, 0.717) is 16.5 Å². The van der Waals surface area contributed by atoms with Gasteiger partial charge in [0.2, 0.25) is 0 Å². The molecule has 2 nitrogen and oxygen atoms in total. The molecule has 0 saturated heterocycles. The second-order valence-electron chi connectivity index (χ2n) is 4.36. The number of hydrogen-bond acceptors (Lipinski definition) is 3. The standard InChI is InChI=1S/C15H16ClFN2S/c1-2-7-18-9-11-3-5-14(13(17)8-11)20-15-6-4-12(16)10-19-15/h3-6,8,10,18H,2,7,9H2,1H3. The third-order valence-electron chi connectivity index (χ3n) is 2.67. The van der Waals surface area contributed by atoms with E-state index in [1.165, 1.54) is 11.8 Å². The molecule has 0 bridgehead atoms. The van der Waals surface area contributed by atoms with Crippen LogP contribution in [-0.2, 0) is 6.54 Å². The van der Waals surface area contributed by atoms with Gasteiger partial charge in [0, 0.05) is 17.6 Å². The lowest BCUT2D eigenvalue weighted by Gasteiger charge is -2.07. The van der Waals surface area contributed by atoms with Gasteiger partial charge in [-0.3, -0.25) is 0 Å². The third kappa shape index (κ3) is 4.47. The van der Waals surface area contributed by atoms with E-state index in [-0.39, 0.29) is 5.82 Å². The minimum absolute atomic E-state index is 0.220. The summed E-state index contributed by atoms with van der Waals surface area (Å²) in [6.45, 7) is 3.73. The molecule has 1 N–H and O–H groups in total. The van der Waals surface area contributed by atoms with Crippen molar-refractivity contribution in [2.24, 2.45) is 0 Å². The maximum atomic E-state index is 14.0. The van der Waals surface area contributed by atoms with Gasteiger partial charge in [-0.25, -0.2) is 9.37 Å². The molecular formula is C15H16ClFN2S. The highest BCUT2D eigenvalue weighted by molar-refractivity contribution is 7.99. The fraction of sp³-hybridized carbons (Fsp3) is 0.267. The summed E-state index contributed by atoms with van der Waals surface area (Å²) in [5, 5.41) is 4.56. The molecule has 1 heterocycles. The topological polar surface area (TPSA) is 24.9 Å². The summed E-state index contributed by atoms with van der Waals surface area (Å²) in [5.41, 5.74) is 0.948. The first-order valence-electron chi connectivity index (χ1n) is 6.47. The van der Waals surface area contributed by atoms with Crippen molar-refractivity contribution >= 4 is 23.4 Å². The minimum Gasteiger partial charge on any atom is -0.313 e. The number of pyridine rings is 1. The van der Waals surface area contributed by atoms with Crippen LogP contribution in [-0.4, -0.2) is 11.5 Å². The van der Waals surface area contributed by atoms with Crippen molar-refractivity contribution < 1.29 is 4.39 Å². The van der Waals surface area contributed by atoms with Crippen molar-refractivity contribution in [3.05, 3.63) is 52.9 Å². The van der Waals surface area contributed by atoms with Gasteiger partial charge in [0.15, 0.2) is 0 Å². The molecule has 0 amide bonds. The molecule has 106 valence electrons. The molecule has 0 radical (unpaired) electrons. The summed E-state index contributed by atoms with van der Waals surface area (Å²) >= 11 is 7.07. The summed E-state index contributed by atoms with van der Waals surface area (Å²) in [4.78, 5) is 4.72. The average molecular weight is 311 g/mol. The normalized spacial score (nSPS) is 10.8. The summed E-state index contributed by atoms with van der Waals surface area (Å²) < 4.78 is 14.0. The highest BCUT2D eigenvalue weighted by atomic mass is 35.5. The van der Waals surface area contributed by atoms with E-state index >= 15 is 0 Å². The SMILES string of the molecule is CCCNCc1ccc(Sc2ccc(Cl)cn2)c(F)c1. The Labute approximate surface area is 127 Å². The van der Waals surface area contributed by atoms with Gasteiger partial charge in [0.05, 0.1) is 5.02 Å². The van der Waals surface area contributed by atoms with Gasteiger partial charge < -0.3 is 5.32 Å². The molecule has 2 aromatic rings. The van der Waals surface area contributed by atoms with E-state index in [2.05, 4.69) is 17.2 Å². The van der Waals surface area contributed by atoms with Crippen molar-refractivity contribution in [2.45, 2.75) is 29.8 Å². The van der Waals surface area contributed by atoms with Gasteiger partial charge in [-0.05, 0) is 42.8 Å². The Hall–Kier alpha value is -1.10. The highest BCUT2D eigenvalue weighted by Gasteiger charge is 2.06. The van der Waals surface area contributed by atoms with E-state index in [4.69, 9.17) is 11.6 Å². The van der Waals surface area contributed by atoms with E-state index < -0.39 is 0 Å². The lowest BCUT2D eigenvalue weighted by Crippen LogP contribution is -2.13. The molecule has 1 aromatic carbocycles. The summed E-state index contributed by atoms with van der Waals surface area (Å²) in [7, 11) is 0. The van der Waals surface area contributed by atoms with Crippen LogP contribution in [0.5, 0.6) is 0 Å². The predicted octanol–water partition coefficient (Wildman–Crippen LogP) is 4.52. The second-order valence-corrected chi connectivity index (χ2v) is 5.86. The van der Waals surface area contributed by atoms with Gasteiger partial charge >= 0.3 is 0 Å².